The maximum absolute atomic E-state index is 12.7. The third kappa shape index (κ3) is 3.18. The van der Waals surface area contributed by atoms with E-state index < -0.39 is 10.8 Å². The monoisotopic (exact) mass is 385 g/mol. The first kappa shape index (κ1) is 17.0. The highest BCUT2D eigenvalue weighted by Crippen LogP contribution is 2.31. The molecule has 1 amide bonds. The van der Waals surface area contributed by atoms with E-state index in [1.807, 2.05) is 31.2 Å². The first-order chi connectivity index (χ1) is 12.5. The largest absolute Gasteiger partial charge is 0.306 e. The molecule has 132 valence electrons. The highest BCUT2D eigenvalue weighted by atomic mass is 35.5. The predicted molar refractivity (Wildman–Crippen MR) is 103 cm³/mol. The van der Waals surface area contributed by atoms with Crippen molar-refractivity contribution in [2.45, 2.75) is 18.4 Å². The van der Waals surface area contributed by atoms with Crippen molar-refractivity contribution < 1.29 is 9.00 Å². The highest BCUT2D eigenvalue weighted by Gasteiger charge is 2.28. The highest BCUT2D eigenvalue weighted by molar-refractivity contribution is 7.83. The van der Waals surface area contributed by atoms with Crippen molar-refractivity contribution in [1.82, 2.24) is 9.78 Å². The summed E-state index contributed by atoms with van der Waals surface area (Å²) in [5.74, 6) is 1.10. The lowest BCUT2D eigenvalue weighted by molar-refractivity contribution is 0.102. The summed E-state index contributed by atoms with van der Waals surface area (Å²) in [5.41, 5.74) is 4.04. The standard InChI is InChI=1S/C19H16ClN3O2S/c1-12-5-7-15(8-6-12)23-18(16-10-26(25)11-17(16)22-23)21-19(24)13-3-2-4-14(20)9-13/h2-9H,10-11H2,1H3,(H,21,24)/t26-/m0/s1. The number of nitrogens with zero attached hydrogens (tertiary/aromatic N) is 2. The fraction of sp³-hybridized carbons (Fsp3) is 0.158. The zero-order valence-corrected chi connectivity index (χ0v) is 15.6. The zero-order valence-electron chi connectivity index (χ0n) is 14.0. The van der Waals surface area contributed by atoms with Crippen LogP contribution in [0.3, 0.4) is 0 Å². The van der Waals surface area contributed by atoms with Gasteiger partial charge in [-0.05, 0) is 37.3 Å². The van der Waals surface area contributed by atoms with Crippen molar-refractivity contribution >= 4 is 34.1 Å². The van der Waals surface area contributed by atoms with Crippen LogP contribution in [0.1, 0.15) is 27.2 Å². The van der Waals surface area contributed by atoms with Gasteiger partial charge >= 0.3 is 0 Å². The summed E-state index contributed by atoms with van der Waals surface area (Å²) < 4.78 is 13.6. The average Bonchev–Trinajstić information content (AvgIpc) is 3.13. The van der Waals surface area contributed by atoms with E-state index in [0.717, 1.165) is 22.5 Å². The molecule has 1 aliphatic rings. The van der Waals surface area contributed by atoms with Crippen LogP contribution in [0.2, 0.25) is 5.02 Å². The average molecular weight is 386 g/mol. The number of anilines is 1. The number of halogens is 1. The Morgan fingerprint density at radius 3 is 2.69 bits per heavy atom. The lowest BCUT2D eigenvalue weighted by Gasteiger charge is -2.11. The minimum Gasteiger partial charge on any atom is -0.306 e. The first-order valence-electron chi connectivity index (χ1n) is 8.11. The van der Waals surface area contributed by atoms with Crippen LogP contribution in [0.5, 0.6) is 0 Å². The van der Waals surface area contributed by atoms with Gasteiger partial charge in [0, 0.05) is 26.9 Å². The number of carbonyl (C=O) groups is 1. The number of aryl methyl sites for hydroxylation is 1. The summed E-state index contributed by atoms with van der Waals surface area (Å²) in [4.78, 5) is 12.7. The van der Waals surface area contributed by atoms with Crippen molar-refractivity contribution in [2.75, 3.05) is 5.32 Å². The predicted octanol–water partition coefficient (Wildman–Crippen LogP) is 3.85. The van der Waals surface area contributed by atoms with Gasteiger partial charge in [-0.25, -0.2) is 4.68 Å². The van der Waals surface area contributed by atoms with Crippen LogP contribution in [-0.2, 0) is 22.3 Å². The van der Waals surface area contributed by atoms with E-state index in [1.165, 1.54) is 0 Å². The summed E-state index contributed by atoms with van der Waals surface area (Å²) in [7, 11) is -0.978. The lowest BCUT2D eigenvalue weighted by Crippen LogP contribution is -2.16. The van der Waals surface area contributed by atoms with Gasteiger partial charge in [-0.1, -0.05) is 35.4 Å². The molecule has 1 N–H and O–H groups in total. The SMILES string of the molecule is Cc1ccc(-n2nc3c(c2NC(=O)c2cccc(Cl)c2)C[S@](=O)C3)cc1. The van der Waals surface area contributed by atoms with E-state index in [9.17, 15) is 9.00 Å². The number of aromatic nitrogens is 2. The Bertz CT molecular complexity index is 1030. The third-order valence-electron chi connectivity index (χ3n) is 4.27. The van der Waals surface area contributed by atoms with Gasteiger partial charge in [0.2, 0.25) is 0 Å². The second kappa shape index (κ2) is 6.70. The molecular formula is C19H16ClN3O2S. The molecule has 1 atom stereocenters. The van der Waals surface area contributed by atoms with Crippen LogP contribution in [0.4, 0.5) is 5.82 Å². The quantitative estimate of drug-likeness (QED) is 0.744. The topological polar surface area (TPSA) is 64.0 Å². The van der Waals surface area contributed by atoms with Crippen LogP contribution < -0.4 is 5.32 Å². The van der Waals surface area contributed by atoms with Crippen LogP contribution in [-0.4, -0.2) is 19.9 Å². The van der Waals surface area contributed by atoms with Gasteiger partial charge in [-0.3, -0.25) is 9.00 Å². The number of nitrogens with one attached hydrogen (secondary N) is 1. The maximum Gasteiger partial charge on any atom is 0.256 e. The number of amides is 1. The Labute approximate surface area is 158 Å². The Balaban J connectivity index is 1.75. The van der Waals surface area contributed by atoms with Crippen LogP contribution in [0, 0.1) is 6.92 Å². The molecular weight excluding hydrogens is 370 g/mol. The molecule has 0 spiro atoms. The molecule has 0 radical (unpaired) electrons. The molecule has 0 saturated heterocycles. The molecule has 2 heterocycles. The van der Waals surface area contributed by atoms with E-state index >= 15 is 0 Å². The van der Waals surface area contributed by atoms with E-state index in [0.29, 0.717) is 27.9 Å². The number of hydrogen-bond donors (Lipinski definition) is 1. The first-order valence-corrected chi connectivity index (χ1v) is 9.97. The fourth-order valence-electron chi connectivity index (χ4n) is 2.94. The Hall–Kier alpha value is -2.44. The van der Waals surface area contributed by atoms with Gasteiger partial charge in [0.25, 0.3) is 5.91 Å². The number of rotatable bonds is 3. The van der Waals surface area contributed by atoms with Gasteiger partial charge in [-0.2, -0.15) is 5.10 Å². The molecule has 0 fully saturated rings. The Kier molecular flexibility index (Phi) is 4.38. The molecule has 4 rings (SSSR count). The smallest absolute Gasteiger partial charge is 0.256 e. The lowest BCUT2D eigenvalue weighted by atomic mass is 10.2. The van der Waals surface area contributed by atoms with Gasteiger partial charge < -0.3 is 5.32 Å². The summed E-state index contributed by atoms with van der Waals surface area (Å²) in [6, 6.07) is 14.6. The molecule has 7 heteroatoms. The molecule has 2 aromatic carbocycles. The normalized spacial score (nSPS) is 15.7. The summed E-state index contributed by atoms with van der Waals surface area (Å²) in [5, 5.41) is 8.02. The van der Waals surface area contributed by atoms with Crippen LogP contribution >= 0.6 is 11.6 Å². The molecule has 0 unspecified atom stereocenters. The Morgan fingerprint density at radius 1 is 1.19 bits per heavy atom. The van der Waals surface area contributed by atoms with E-state index in [-0.39, 0.29) is 5.91 Å². The number of hydrogen-bond acceptors (Lipinski definition) is 3. The number of benzene rings is 2. The second-order valence-corrected chi connectivity index (χ2v) is 8.11. The van der Waals surface area contributed by atoms with Gasteiger partial charge in [0.05, 0.1) is 22.9 Å². The van der Waals surface area contributed by atoms with Crippen LogP contribution in [0.15, 0.2) is 48.5 Å². The fourth-order valence-corrected chi connectivity index (χ4v) is 4.39. The molecule has 5 nitrogen and oxygen atoms in total. The van der Waals surface area contributed by atoms with Crippen molar-refractivity contribution in [2.24, 2.45) is 0 Å². The maximum atomic E-state index is 12.7. The van der Waals surface area contributed by atoms with Gasteiger partial charge in [0.15, 0.2) is 0 Å². The molecule has 1 aliphatic heterocycles. The number of carbonyl (C=O) groups excluding carboxylic acids is 1. The molecule has 1 aromatic heterocycles. The minimum absolute atomic E-state index is 0.277. The zero-order chi connectivity index (χ0) is 18.3. The van der Waals surface area contributed by atoms with Crippen molar-refractivity contribution in [1.29, 1.82) is 0 Å². The molecule has 0 aliphatic carbocycles. The summed E-state index contributed by atoms with van der Waals surface area (Å²) in [6.07, 6.45) is 0. The molecule has 26 heavy (non-hydrogen) atoms. The van der Waals surface area contributed by atoms with E-state index in [1.54, 1.807) is 28.9 Å². The summed E-state index contributed by atoms with van der Waals surface area (Å²) >= 11 is 5.99. The third-order valence-corrected chi connectivity index (χ3v) is 5.71. The Morgan fingerprint density at radius 2 is 1.96 bits per heavy atom. The second-order valence-electron chi connectivity index (χ2n) is 6.21. The van der Waals surface area contributed by atoms with Gasteiger partial charge in [-0.15, -0.1) is 0 Å². The van der Waals surface area contributed by atoms with Crippen molar-refractivity contribution in [3.8, 4) is 5.69 Å². The minimum atomic E-state index is -0.978. The van der Waals surface area contributed by atoms with Crippen molar-refractivity contribution in [3.05, 3.63) is 75.9 Å². The molecule has 3 aromatic rings. The molecule has 0 bridgehead atoms. The van der Waals surface area contributed by atoms with Crippen LogP contribution in [0.25, 0.3) is 5.69 Å². The number of fused-ring (bicyclic) bond motifs is 1. The van der Waals surface area contributed by atoms with Crippen molar-refractivity contribution in [3.63, 3.8) is 0 Å². The molecule has 0 saturated carbocycles. The van der Waals surface area contributed by atoms with E-state index in [2.05, 4.69) is 10.4 Å². The van der Waals surface area contributed by atoms with E-state index in [4.69, 9.17) is 11.6 Å². The summed E-state index contributed by atoms with van der Waals surface area (Å²) in [6.45, 7) is 2.01. The van der Waals surface area contributed by atoms with Gasteiger partial charge in [0.1, 0.15) is 5.82 Å².